The molecule has 0 saturated carbocycles. The Morgan fingerprint density at radius 1 is 0.552 bits per heavy atom. The monoisotopic (exact) mass is 838 g/mol. The summed E-state index contributed by atoms with van der Waals surface area (Å²) in [5, 5.41) is 8.89. The highest BCUT2D eigenvalue weighted by atomic mass is 31.2. The first-order valence-electron chi connectivity index (χ1n) is 22.3. The molecule has 3 unspecified atom stereocenters. The number of carbonyl (C=O) groups is 3. The molecule has 0 amide bonds. The van der Waals surface area contributed by atoms with Crippen LogP contribution in [0.2, 0.25) is 0 Å². The molecule has 0 aromatic heterocycles. The predicted molar refractivity (Wildman–Crippen MR) is 235 cm³/mol. The van der Waals surface area contributed by atoms with Gasteiger partial charge in [-0.2, -0.15) is 0 Å². The Labute approximate surface area is 351 Å². The number of hydrogen-bond acceptors (Lipinski definition) is 9. The molecular weight excluding hydrogens is 757 g/mol. The van der Waals surface area contributed by atoms with E-state index in [1.807, 2.05) is 0 Å². The lowest BCUT2D eigenvalue weighted by Crippen LogP contribution is -2.34. The first kappa shape index (κ1) is 55.2. The molecule has 12 heteroatoms. The standard InChI is InChI=1S/C46H80NO10P/c1-3-5-7-9-11-13-15-17-18-19-20-21-22-23-24-26-27-29-31-33-35-37-44(48)54-39-42(40-55-58(52,53)56-41-43(47)46(50)51)57-45(49)38-36-34-32-30-28-25-16-14-12-10-8-6-4-2/h6,8,12,14-15,17,19-20,25,28,42-43H,3-5,7,9-11,13,16,18,21-24,26-27,29-41,47H2,1-2H3,(H,50,51)(H,52,53)/b8-6-,14-12-,17-15-,20-19-,28-25-. The average molecular weight is 838 g/mol. The fourth-order valence-electron chi connectivity index (χ4n) is 5.76. The van der Waals surface area contributed by atoms with Gasteiger partial charge < -0.3 is 25.2 Å². The fraction of sp³-hybridized carbons (Fsp3) is 0.717. The molecule has 0 aliphatic rings. The highest BCUT2D eigenvalue weighted by molar-refractivity contribution is 7.47. The number of phosphoric ester groups is 1. The van der Waals surface area contributed by atoms with E-state index in [0.717, 1.165) is 70.6 Å². The minimum absolute atomic E-state index is 0.123. The van der Waals surface area contributed by atoms with Crippen molar-refractivity contribution in [1.29, 1.82) is 0 Å². The summed E-state index contributed by atoms with van der Waals surface area (Å²) in [7, 11) is -4.73. The van der Waals surface area contributed by atoms with Gasteiger partial charge in [-0.05, 0) is 77.0 Å². The van der Waals surface area contributed by atoms with Crippen LogP contribution in [-0.4, -0.2) is 59.9 Å². The summed E-state index contributed by atoms with van der Waals surface area (Å²) in [4.78, 5) is 45.9. The maximum absolute atomic E-state index is 12.6. The van der Waals surface area contributed by atoms with Crippen molar-refractivity contribution >= 4 is 25.7 Å². The third kappa shape index (κ3) is 40.0. The van der Waals surface area contributed by atoms with Gasteiger partial charge in [-0.25, -0.2) is 4.57 Å². The number of carboxylic acid groups (broad SMARTS) is 1. The van der Waals surface area contributed by atoms with Crippen molar-refractivity contribution in [3.63, 3.8) is 0 Å². The smallest absolute Gasteiger partial charge is 0.472 e. The molecule has 0 rings (SSSR count). The number of allylic oxidation sites excluding steroid dienone is 10. The molecule has 0 spiro atoms. The van der Waals surface area contributed by atoms with E-state index >= 15 is 0 Å². The van der Waals surface area contributed by atoms with Crippen molar-refractivity contribution in [1.82, 2.24) is 0 Å². The fourth-order valence-corrected chi connectivity index (χ4v) is 6.53. The number of unbranched alkanes of at least 4 members (excludes halogenated alkanes) is 17. The molecular formula is C46H80NO10P. The van der Waals surface area contributed by atoms with Gasteiger partial charge in [0.1, 0.15) is 12.6 Å². The lowest BCUT2D eigenvalue weighted by molar-refractivity contribution is -0.161. The van der Waals surface area contributed by atoms with Crippen LogP contribution in [0.1, 0.15) is 181 Å². The molecule has 0 fully saturated rings. The first-order chi connectivity index (χ1) is 28.1. The molecule has 3 atom stereocenters. The number of carboxylic acids is 1. The zero-order valence-electron chi connectivity index (χ0n) is 36.1. The second kappa shape index (κ2) is 40.9. The van der Waals surface area contributed by atoms with Gasteiger partial charge in [0.2, 0.25) is 0 Å². The van der Waals surface area contributed by atoms with Crippen LogP contribution in [-0.2, 0) is 37.5 Å². The topological polar surface area (TPSA) is 172 Å². The van der Waals surface area contributed by atoms with Gasteiger partial charge in [0, 0.05) is 12.8 Å². The molecule has 0 aliphatic heterocycles. The van der Waals surface area contributed by atoms with Crippen LogP contribution < -0.4 is 5.73 Å². The number of carbonyl (C=O) groups excluding carboxylic acids is 2. The second-order valence-electron chi connectivity index (χ2n) is 14.8. The van der Waals surface area contributed by atoms with E-state index in [1.54, 1.807) is 0 Å². The number of phosphoric acid groups is 1. The lowest BCUT2D eigenvalue weighted by atomic mass is 10.1. The lowest BCUT2D eigenvalue weighted by Gasteiger charge is -2.20. The van der Waals surface area contributed by atoms with Gasteiger partial charge >= 0.3 is 25.7 Å². The SMILES string of the molecule is CC/C=C\C/C=C\C/C=C\CCCCCC(=O)OC(COC(=O)CCCCCCCCCCC/C=C\C/C=C\CCCCCCC)COP(=O)(O)OCC(N)C(=O)O. The molecule has 0 heterocycles. The summed E-state index contributed by atoms with van der Waals surface area (Å²) < 4.78 is 32.7. The van der Waals surface area contributed by atoms with E-state index in [4.69, 9.17) is 24.8 Å². The van der Waals surface area contributed by atoms with Crippen LogP contribution in [0.25, 0.3) is 0 Å². The summed E-state index contributed by atoms with van der Waals surface area (Å²) in [5.74, 6) is -2.43. The van der Waals surface area contributed by atoms with Crippen molar-refractivity contribution in [2.75, 3.05) is 19.8 Å². The van der Waals surface area contributed by atoms with E-state index in [1.165, 1.54) is 70.6 Å². The molecule has 0 aromatic carbocycles. The van der Waals surface area contributed by atoms with Crippen molar-refractivity contribution in [2.24, 2.45) is 5.73 Å². The van der Waals surface area contributed by atoms with Crippen molar-refractivity contribution < 1.29 is 47.5 Å². The number of nitrogens with two attached hydrogens (primary N) is 1. The highest BCUT2D eigenvalue weighted by Crippen LogP contribution is 2.43. The molecule has 0 aromatic rings. The van der Waals surface area contributed by atoms with Crippen LogP contribution in [0.15, 0.2) is 60.8 Å². The van der Waals surface area contributed by atoms with Crippen LogP contribution in [0.3, 0.4) is 0 Å². The minimum Gasteiger partial charge on any atom is -0.480 e. The molecule has 58 heavy (non-hydrogen) atoms. The van der Waals surface area contributed by atoms with E-state index in [2.05, 4.69) is 79.1 Å². The third-order valence-electron chi connectivity index (χ3n) is 9.25. The Hall–Kier alpha value is -2.82. The van der Waals surface area contributed by atoms with Crippen LogP contribution >= 0.6 is 7.82 Å². The van der Waals surface area contributed by atoms with E-state index in [-0.39, 0.29) is 19.4 Å². The number of ether oxygens (including phenoxy) is 2. The summed E-state index contributed by atoms with van der Waals surface area (Å²) in [6.07, 6.45) is 47.2. The zero-order valence-corrected chi connectivity index (χ0v) is 37.0. The van der Waals surface area contributed by atoms with Gasteiger partial charge in [0.25, 0.3) is 0 Å². The van der Waals surface area contributed by atoms with Crippen LogP contribution in [0.5, 0.6) is 0 Å². The number of aliphatic carboxylic acids is 1. The summed E-state index contributed by atoms with van der Waals surface area (Å²) >= 11 is 0. The summed E-state index contributed by atoms with van der Waals surface area (Å²) in [6, 6.07) is -1.53. The van der Waals surface area contributed by atoms with Crippen molar-refractivity contribution in [3.05, 3.63) is 60.8 Å². The minimum atomic E-state index is -4.73. The highest BCUT2D eigenvalue weighted by Gasteiger charge is 2.28. The molecule has 0 bridgehead atoms. The maximum Gasteiger partial charge on any atom is 0.472 e. The molecule has 334 valence electrons. The Balaban J connectivity index is 4.33. The van der Waals surface area contributed by atoms with E-state index < -0.39 is 51.1 Å². The molecule has 0 saturated heterocycles. The Morgan fingerprint density at radius 3 is 1.47 bits per heavy atom. The predicted octanol–water partition coefficient (Wildman–Crippen LogP) is 12.0. The summed E-state index contributed by atoms with van der Waals surface area (Å²) in [6.45, 7) is 2.64. The van der Waals surface area contributed by atoms with Gasteiger partial charge in [0.05, 0.1) is 13.2 Å². The van der Waals surface area contributed by atoms with Crippen molar-refractivity contribution in [2.45, 2.75) is 193 Å². The Bertz CT molecular complexity index is 1210. The second-order valence-corrected chi connectivity index (χ2v) is 16.2. The Morgan fingerprint density at radius 2 is 0.966 bits per heavy atom. The van der Waals surface area contributed by atoms with E-state index in [9.17, 15) is 23.8 Å². The molecule has 0 aliphatic carbocycles. The van der Waals surface area contributed by atoms with Gasteiger partial charge in [-0.1, -0.05) is 152 Å². The quantitative estimate of drug-likeness (QED) is 0.0231. The van der Waals surface area contributed by atoms with Crippen molar-refractivity contribution in [3.8, 4) is 0 Å². The molecule has 0 radical (unpaired) electrons. The molecule has 11 nitrogen and oxygen atoms in total. The largest absolute Gasteiger partial charge is 0.480 e. The average Bonchev–Trinajstić information content (AvgIpc) is 3.20. The van der Waals surface area contributed by atoms with E-state index in [0.29, 0.717) is 12.8 Å². The Kier molecular flexibility index (Phi) is 38.9. The number of hydrogen-bond donors (Lipinski definition) is 3. The van der Waals surface area contributed by atoms with Gasteiger partial charge in [-0.15, -0.1) is 0 Å². The van der Waals surface area contributed by atoms with Gasteiger partial charge in [0.15, 0.2) is 6.10 Å². The van der Waals surface area contributed by atoms with Crippen LogP contribution in [0.4, 0.5) is 0 Å². The maximum atomic E-state index is 12.6. The number of rotatable bonds is 41. The zero-order chi connectivity index (χ0) is 42.8. The number of esters is 2. The third-order valence-corrected chi connectivity index (χ3v) is 10.2. The summed E-state index contributed by atoms with van der Waals surface area (Å²) in [5.41, 5.74) is 5.33. The van der Waals surface area contributed by atoms with Gasteiger partial charge in [-0.3, -0.25) is 23.4 Å². The normalized spacial score (nSPS) is 14.3. The van der Waals surface area contributed by atoms with Crippen LogP contribution in [0, 0.1) is 0 Å². The molecule has 4 N–H and O–H groups in total. The first-order valence-corrected chi connectivity index (χ1v) is 23.8.